The molecular formula is C16H15FN6O. The highest BCUT2D eigenvalue weighted by Crippen LogP contribution is 2.35. The normalized spacial score (nSPS) is 16.0. The van der Waals surface area contributed by atoms with Crippen LogP contribution in [0.2, 0.25) is 0 Å². The van der Waals surface area contributed by atoms with Gasteiger partial charge in [0.2, 0.25) is 5.95 Å². The summed E-state index contributed by atoms with van der Waals surface area (Å²) in [5.74, 6) is 0.973. The first kappa shape index (κ1) is 14.6. The highest BCUT2D eigenvalue weighted by atomic mass is 19.1. The van der Waals surface area contributed by atoms with Gasteiger partial charge in [-0.05, 0) is 23.8 Å². The molecule has 8 heteroatoms. The molecule has 3 heterocycles. The molecule has 0 bridgehead atoms. The lowest BCUT2D eigenvalue weighted by molar-refractivity contribution is 0.00700. The van der Waals surface area contributed by atoms with Gasteiger partial charge < -0.3 is 15.7 Å². The summed E-state index contributed by atoms with van der Waals surface area (Å²) >= 11 is 0. The number of rotatable bonds is 3. The van der Waals surface area contributed by atoms with E-state index in [-0.39, 0.29) is 11.8 Å². The number of benzene rings is 1. The lowest BCUT2D eigenvalue weighted by atomic mass is 9.86. The molecule has 0 saturated carbocycles. The number of nitrogens with two attached hydrogens (primary N) is 1. The smallest absolute Gasteiger partial charge is 0.224 e. The minimum Gasteiger partial charge on any atom is -0.381 e. The first-order chi connectivity index (χ1) is 11.5. The predicted molar refractivity (Wildman–Crippen MR) is 86.1 cm³/mol. The topological polar surface area (TPSA) is 93.1 Å². The van der Waals surface area contributed by atoms with Gasteiger partial charge in [0, 0.05) is 18.5 Å². The molecule has 0 atom stereocenters. The van der Waals surface area contributed by atoms with E-state index in [1.54, 1.807) is 41.3 Å². The molecule has 1 aliphatic rings. The van der Waals surface area contributed by atoms with Gasteiger partial charge in [-0.2, -0.15) is 15.1 Å². The highest BCUT2D eigenvalue weighted by Gasteiger charge is 2.43. The van der Waals surface area contributed by atoms with Gasteiger partial charge in [-0.15, -0.1) is 0 Å². The zero-order valence-corrected chi connectivity index (χ0v) is 12.7. The molecule has 4 rings (SSSR count). The van der Waals surface area contributed by atoms with Crippen LogP contribution in [0.25, 0.3) is 5.82 Å². The summed E-state index contributed by atoms with van der Waals surface area (Å²) in [4.78, 5) is 10.3. The van der Waals surface area contributed by atoms with Crippen molar-refractivity contribution in [3.63, 3.8) is 0 Å². The number of aromatic nitrogens is 4. The maximum absolute atomic E-state index is 13.0. The number of β-amino-alcohol motifs (C(OH)–C–C–N with tert-alkyl or cyclic N) is 1. The summed E-state index contributed by atoms with van der Waals surface area (Å²) in [7, 11) is 0. The summed E-state index contributed by atoms with van der Waals surface area (Å²) in [5.41, 5.74) is 5.43. The van der Waals surface area contributed by atoms with Crippen LogP contribution in [0.3, 0.4) is 0 Å². The fraction of sp³-hybridized carbons (Fsp3) is 0.188. The third kappa shape index (κ3) is 2.46. The average molecular weight is 326 g/mol. The summed E-state index contributed by atoms with van der Waals surface area (Å²) in [5, 5.41) is 14.8. The number of anilines is 2. The van der Waals surface area contributed by atoms with Crippen molar-refractivity contribution in [2.75, 3.05) is 23.7 Å². The Labute approximate surface area is 137 Å². The Morgan fingerprint density at radius 3 is 2.50 bits per heavy atom. The molecule has 0 aliphatic carbocycles. The number of aliphatic hydroxyl groups is 1. The molecule has 24 heavy (non-hydrogen) atoms. The summed E-state index contributed by atoms with van der Waals surface area (Å²) < 4.78 is 14.6. The third-order valence-corrected chi connectivity index (χ3v) is 4.07. The molecule has 1 aliphatic heterocycles. The predicted octanol–water partition coefficient (Wildman–Crippen LogP) is 1.09. The standard InChI is InChI=1S/C16H15FN6O/c17-12-4-2-11(3-5-12)16(24)9-22(10-16)13-8-14(21-15(18)20-13)23-7-1-6-19-23/h1-8,24H,9-10H2,(H2,18,20,21). The molecule has 1 aromatic carbocycles. The molecule has 0 unspecified atom stereocenters. The molecule has 2 aromatic heterocycles. The molecule has 122 valence electrons. The van der Waals surface area contributed by atoms with E-state index in [1.165, 1.54) is 12.1 Å². The molecule has 1 fully saturated rings. The van der Waals surface area contributed by atoms with Gasteiger partial charge in [0.1, 0.15) is 17.2 Å². The number of halogens is 1. The molecule has 3 N–H and O–H groups in total. The Kier molecular flexibility index (Phi) is 3.20. The zero-order valence-electron chi connectivity index (χ0n) is 12.7. The fourth-order valence-electron chi connectivity index (χ4n) is 2.81. The van der Waals surface area contributed by atoms with Crippen LogP contribution in [0.1, 0.15) is 5.56 Å². The van der Waals surface area contributed by atoms with Crippen LogP contribution in [0, 0.1) is 5.82 Å². The second kappa shape index (κ2) is 5.27. The third-order valence-electron chi connectivity index (χ3n) is 4.07. The van der Waals surface area contributed by atoms with Gasteiger partial charge in [-0.25, -0.2) is 9.07 Å². The maximum Gasteiger partial charge on any atom is 0.224 e. The Morgan fingerprint density at radius 1 is 1.12 bits per heavy atom. The first-order valence-electron chi connectivity index (χ1n) is 7.41. The van der Waals surface area contributed by atoms with Crippen molar-refractivity contribution in [1.29, 1.82) is 0 Å². The van der Waals surface area contributed by atoms with E-state index < -0.39 is 5.60 Å². The molecule has 0 radical (unpaired) electrons. The fourth-order valence-corrected chi connectivity index (χ4v) is 2.81. The van der Waals surface area contributed by atoms with Gasteiger partial charge in [0.05, 0.1) is 13.1 Å². The minimum atomic E-state index is -1.03. The van der Waals surface area contributed by atoms with Crippen LogP contribution in [-0.4, -0.2) is 37.9 Å². The molecular weight excluding hydrogens is 311 g/mol. The summed E-state index contributed by atoms with van der Waals surface area (Å²) in [6.45, 7) is 0.682. The van der Waals surface area contributed by atoms with E-state index in [0.717, 1.165) is 0 Å². The summed E-state index contributed by atoms with van der Waals surface area (Å²) in [6, 6.07) is 9.41. The van der Waals surface area contributed by atoms with Crippen molar-refractivity contribution in [3.05, 3.63) is 60.2 Å². The van der Waals surface area contributed by atoms with Crippen molar-refractivity contribution in [2.45, 2.75) is 5.60 Å². The Morgan fingerprint density at radius 2 is 1.83 bits per heavy atom. The van der Waals surface area contributed by atoms with Crippen LogP contribution in [0.15, 0.2) is 48.8 Å². The number of nitrogen functional groups attached to an aromatic ring is 1. The van der Waals surface area contributed by atoms with E-state index in [0.29, 0.717) is 30.3 Å². The second-order valence-corrected chi connectivity index (χ2v) is 5.79. The number of nitrogens with zero attached hydrogens (tertiary/aromatic N) is 5. The zero-order chi connectivity index (χ0) is 16.7. The van der Waals surface area contributed by atoms with E-state index in [2.05, 4.69) is 15.1 Å². The van der Waals surface area contributed by atoms with Crippen LogP contribution >= 0.6 is 0 Å². The van der Waals surface area contributed by atoms with Gasteiger partial charge in [-0.3, -0.25) is 0 Å². The van der Waals surface area contributed by atoms with E-state index in [9.17, 15) is 9.50 Å². The van der Waals surface area contributed by atoms with E-state index >= 15 is 0 Å². The Hall–Kier alpha value is -3.00. The molecule has 0 amide bonds. The number of hydrogen-bond donors (Lipinski definition) is 2. The highest BCUT2D eigenvalue weighted by molar-refractivity contribution is 5.52. The van der Waals surface area contributed by atoms with Crippen LogP contribution in [0.5, 0.6) is 0 Å². The van der Waals surface area contributed by atoms with Crippen molar-refractivity contribution in [2.24, 2.45) is 0 Å². The number of hydrogen-bond acceptors (Lipinski definition) is 6. The van der Waals surface area contributed by atoms with Gasteiger partial charge in [0.15, 0.2) is 5.82 Å². The van der Waals surface area contributed by atoms with Gasteiger partial charge in [-0.1, -0.05) is 12.1 Å². The Balaban J connectivity index is 1.57. The van der Waals surface area contributed by atoms with Crippen molar-refractivity contribution in [3.8, 4) is 5.82 Å². The van der Waals surface area contributed by atoms with Crippen LogP contribution in [-0.2, 0) is 5.60 Å². The lowest BCUT2D eigenvalue weighted by Crippen LogP contribution is -2.60. The maximum atomic E-state index is 13.0. The molecule has 0 spiro atoms. The second-order valence-electron chi connectivity index (χ2n) is 5.79. The monoisotopic (exact) mass is 326 g/mol. The molecule has 7 nitrogen and oxygen atoms in total. The van der Waals surface area contributed by atoms with Crippen LogP contribution in [0.4, 0.5) is 16.2 Å². The quantitative estimate of drug-likeness (QED) is 0.748. The van der Waals surface area contributed by atoms with Gasteiger partial charge in [0.25, 0.3) is 0 Å². The minimum absolute atomic E-state index is 0.134. The van der Waals surface area contributed by atoms with Crippen molar-refractivity contribution >= 4 is 11.8 Å². The van der Waals surface area contributed by atoms with E-state index in [4.69, 9.17) is 5.73 Å². The molecule has 1 saturated heterocycles. The largest absolute Gasteiger partial charge is 0.381 e. The van der Waals surface area contributed by atoms with Crippen molar-refractivity contribution in [1.82, 2.24) is 19.7 Å². The first-order valence-corrected chi connectivity index (χ1v) is 7.41. The summed E-state index contributed by atoms with van der Waals surface area (Å²) in [6.07, 6.45) is 3.41. The Bertz CT molecular complexity index is 859. The van der Waals surface area contributed by atoms with E-state index in [1.807, 2.05) is 4.90 Å². The van der Waals surface area contributed by atoms with Crippen molar-refractivity contribution < 1.29 is 9.50 Å². The SMILES string of the molecule is Nc1nc(N2CC(O)(c3ccc(F)cc3)C2)cc(-n2cccn2)n1. The lowest BCUT2D eigenvalue weighted by Gasteiger charge is -2.47. The van der Waals surface area contributed by atoms with Crippen LogP contribution < -0.4 is 10.6 Å². The average Bonchev–Trinajstić information content (AvgIpc) is 3.06. The molecule has 3 aromatic rings. The van der Waals surface area contributed by atoms with Gasteiger partial charge >= 0.3 is 0 Å².